The standard InChI is InChI=1S/C17H24BrFN2/c1-3-6-20-12-8-13-4-5-14(9-12)21(13)17-10-16(19)15(18)7-11(17)2/h7,10,12-14,20H,3-6,8-9H2,1-2H3. The minimum Gasteiger partial charge on any atom is -0.365 e. The van der Waals surface area contributed by atoms with Crippen molar-refractivity contribution in [1.82, 2.24) is 5.32 Å². The van der Waals surface area contributed by atoms with E-state index in [9.17, 15) is 4.39 Å². The highest BCUT2D eigenvalue weighted by molar-refractivity contribution is 9.10. The fourth-order valence-electron chi connectivity index (χ4n) is 4.00. The Morgan fingerprint density at radius 3 is 2.57 bits per heavy atom. The van der Waals surface area contributed by atoms with Gasteiger partial charge in [0.1, 0.15) is 5.82 Å². The molecule has 1 N–H and O–H groups in total. The average molecular weight is 355 g/mol. The molecule has 2 fully saturated rings. The normalized spacial score (nSPS) is 28.2. The highest BCUT2D eigenvalue weighted by Gasteiger charge is 2.41. The number of piperidine rings is 1. The van der Waals surface area contributed by atoms with Crippen molar-refractivity contribution in [1.29, 1.82) is 0 Å². The Hall–Kier alpha value is -0.610. The van der Waals surface area contributed by atoms with Gasteiger partial charge in [-0.1, -0.05) is 6.92 Å². The first-order chi connectivity index (χ1) is 10.1. The van der Waals surface area contributed by atoms with Gasteiger partial charge >= 0.3 is 0 Å². The van der Waals surface area contributed by atoms with Gasteiger partial charge in [0.15, 0.2) is 0 Å². The lowest BCUT2D eigenvalue weighted by molar-refractivity contribution is 0.356. The zero-order valence-electron chi connectivity index (χ0n) is 12.8. The van der Waals surface area contributed by atoms with Crippen LogP contribution in [0.5, 0.6) is 0 Å². The Morgan fingerprint density at radius 2 is 1.95 bits per heavy atom. The molecule has 2 aliphatic heterocycles. The Bertz CT molecular complexity index is 506. The maximum Gasteiger partial charge on any atom is 0.139 e. The summed E-state index contributed by atoms with van der Waals surface area (Å²) in [4.78, 5) is 2.50. The fraction of sp³-hybridized carbons (Fsp3) is 0.647. The van der Waals surface area contributed by atoms with Crippen molar-refractivity contribution in [3.8, 4) is 0 Å². The lowest BCUT2D eigenvalue weighted by Crippen LogP contribution is -2.49. The van der Waals surface area contributed by atoms with Crippen molar-refractivity contribution in [3.05, 3.63) is 28.0 Å². The maximum absolute atomic E-state index is 13.9. The predicted octanol–water partition coefficient (Wildman–Crippen LogP) is 4.40. The van der Waals surface area contributed by atoms with E-state index in [4.69, 9.17) is 0 Å². The number of fused-ring (bicyclic) bond motifs is 2. The van der Waals surface area contributed by atoms with Crippen molar-refractivity contribution in [2.24, 2.45) is 0 Å². The van der Waals surface area contributed by atoms with Gasteiger partial charge in [-0.25, -0.2) is 4.39 Å². The van der Waals surface area contributed by atoms with Gasteiger partial charge in [-0.3, -0.25) is 0 Å². The summed E-state index contributed by atoms with van der Waals surface area (Å²) in [6.07, 6.45) is 6.05. The SMILES string of the molecule is CCCNC1CC2CCC(C1)N2c1cc(F)c(Br)cc1C. The first-order valence-electron chi connectivity index (χ1n) is 8.07. The molecular formula is C17H24BrFN2. The van der Waals surface area contributed by atoms with Gasteiger partial charge in [0.25, 0.3) is 0 Å². The first-order valence-corrected chi connectivity index (χ1v) is 8.86. The molecule has 2 bridgehead atoms. The molecular weight excluding hydrogens is 331 g/mol. The van der Waals surface area contributed by atoms with E-state index < -0.39 is 0 Å². The second-order valence-corrected chi connectivity index (χ2v) is 7.32. The minimum absolute atomic E-state index is 0.152. The molecule has 0 aromatic heterocycles. The number of halogens is 2. The van der Waals surface area contributed by atoms with Gasteiger partial charge in [0.2, 0.25) is 0 Å². The summed E-state index contributed by atoms with van der Waals surface area (Å²) in [5, 5.41) is 3.67. The number of hydrogen-bond donors (Lipinski definition) is 1. The number of anilines is 1. The molecule has 2 saturated heterocycles. The Labute approximate surface area is 135 Å². The van der Waals surface area contributed by atoms with Gasteiger partial charge in [-0.2, -0.15) is 0 Å². The van der Waals surface area contributed by atoms with Crippen LogP contribution in [0, 0.1) is 12.7 Å². The molecule has 116 valence electrons. The number of nitrogens with one attached hydrogen (secondary N) is 1. The van der Waals surface area contributed by atoms with Crippen LogP contribution in [-0.4, -0.2) is 24.7 Å². The van der Waals surface area contributed by atoms with Crippen molar-refractivity contribution in [3.63, 3.8) is 0 Å². The van der Waals surface area contributed by atoms with Crippen LogP contribution in [0.1, 0.15) is 44.6 Å². The molecule has 2 aliphatic rings. The van der Waals surface area contributed by atoms with E-state index in [1.54, 1.807) is 6.07 Å². The third kappa shape index (κ3) is 2.98. The Kier molecular flexibility index (Phi) is 4.55. The van der Waals surface area contributed by atoms with Crippen molar-refractivity contribution >= 4 is 21.6 Å². The summed E-state index contributed by atoms with van der Waals surface area (Å²) in [6, 6.07) is 5.39. The van der Waals surface area contributed by atoms with Crippen molar-refractivity contribution < 1.29 is 4.39 Å². The van der Waals surface area contributed by atoms with Gasteiger partial charge < -0.3 is 10.2 Å². The Morgan fingerprint density at radius 1 is 1.29 bits per heavy atom. The molecule has 0 saturated carbocycles. The fourth-order valence-corrected chi connectivity index (χ4v) is 4.46. The van der Waals surface area contributed by atoms with E-state index in [1.807, 2.05) is 6.07 Å². The van der Waals surface area contributed by atoms with E-state index in [2.05, 4.69) is 40.0 Å². The highest BCUT2D eigenvalue weighted by atomic mass is 79.9. The van der Waals surface area contributed by atoms with Gasteiger partial charge in [0, 0.05) is 23.8 Å². The summed E-state index contributed by atoms with van der Waals surface area (Å²) in [6.45, 7) is 5.40. The molecule has 2 heterocycles. The average Bonchev–Trinajstić information content (AvgIpc) is 2.71. The van der Waals surface area contributed by atoms with Crippen LogP contribution in [0.3, 0.4) is 0 Å². The molecule has 0 radical (unpaired) electrons. The van der Waals surface area contributed by atoms with Gasteiger partial charge in [0.05, 0.1) is 4.47 Å². The lowest BCUT2D eigenvalue weighted by Gasteiger charge is -2.41. The Balaban J connectivity index is 1.81. The van der Waals surface area contributed by atoms with Crippen LogP contribution >= 0.6 is 15.9 Å². The van der Waals surface area contributed by atoms with E-state index in [0.29, 0.717) is 22.6 Å². The molecule has 1 aromatic rings. The van der Waals surface area contributed by atoms with E-state index >= 15 is 0 Å². The number of rotatable bonds is 4. The summed E-state index contributed by atoms with van der Waals surface area (Å²) in [7, 11) is 0. The van der Waals surface area contributed by atoms with Crippen LogP contribution in [0.2, 0.25) is 0 Å². The van der Waals surface area contributed by atoms with Gasteiger partial charge in [-0.15, -0.1) is 0 Å². The number of hydrogen-bond acceptors (Lipinski definition) is 2. The molecule has 21 heavy (non-hydrogen) atoms. The van der Waals surface area contributed by atoms with Crippen molar-refractivity contribution in [2.75, 3.05) is 11.4 Å². The van der Waals surface area contributed by atoms with Crippen LogP contribution in [0.15, 0.2) is 16.6 Å². The second-order valence-electron chi connectivity index (χ2n) is 6.47. The molecule has 2 unspecified atom stereocenters. The highest BCUT2D eigenvalue weighted by Crippen LogP contribution is 2.41. The van der Waals surface area contributed by atoms with Crippen LogP contribution in [0.4, 0.5) is 10.1 Å². The summed E-state index contributed by atoms with van der Waals surface area (Å²) < 4.78 is 14.5. The molecule has 0 amide bonds. The second kappa shape index (κ2) is 6.25. The molecule has 2 atom stereocenters. The van der Waals surface area contributed by atoms with Crippen LogP contribution in [-0.2, 0) is 0 Å². The molecule has 0 aliphatic carbocycles. The quantitative estimate of drug-likeness (QED) is 0.862. The zero-order chi connectivity index (χ0) is 15.0. The minimum atomic E-state index is -0.152. The lowest BCUT2D eigenvalue weighted by atomic mass is 9.95. The number of benzene rings is 1. The van der Waals surface area contributed by atoms with E-state index in [1.165, 1.54) is 37.7 Å². The molecule has 0 spiro atoms. The number of nitrogens with zero attached hydrogens (tertiary/aromatic N) is 1. The maximum atomic E-state index is 13.9. The largest absolute Gasteiger partial charge is 0.365 e. The first kappa shape index (κ1) is 15.3. The van der Waals surface area contributed by atoms with E-state index in [0.717, 1.165) is 12.2 Å². The monoisotopic (exact) mass is 354 g/mol. The third-order valence-electron chi connectivity index (χ3n) is 4.93. The molecule has 3 rings (SSSR count). The zero-order valence-corrected chi connectivity index (χ0v) is 14.4. The van der Waals surface area contributed by atoms with Crippen LogP contribution in [0.25, 0.3) is 0 Å². The topological polar surface area (TPSA) is 15.3 Å². The van der Waals surface area contributed by atoms with Crippen molar-refractivity contribution in [2.45, 2.75) is 64.1 Å². The molecule has 1 aromatic carbocycles. The third-order valence-corrected chi connectivity index (χ3v) is 5.54. The van der Waals surface area contributed by atoms with E-state index in [-0.39, 0.29) is 5.82 Å². The molecule has 2 nitrogen and oxygen atoms in total. The number of aryl methyl sites for hydroxylation is 1. The molecule has 4 heteroatoms. The summed E-state index contributed by atoms with van der Waals surface area (Å²) in [5.41, 5.74) is 2.26. The smallest absolute Gasteiger partial charge is 0.139 e. The van der Waals surface area contributed by atoms with Crippen LogP contribution < -0.4 is 10.2 Å². The predicted molar refractivity (Wildman–Crippen MR) is 89.4 cm³/mol. The summed E-state index contributed by atoms with van der Waals surface area (Å²) >= 11 is 3.28. The van der Waals surface area contributed by atoms with Gasteiger partial charge in [-0.05, 0) is 79.2 Å². The summed E-state index contributed by atoms with van der Waals surface area (Å²) in [5.74, 6) is -0.152.